The molecule has 0 saturated carbocycles. The molecule has 4 aromatic heterocycles. The molecule has 0 aliphatic rings. The molecule has 0 bridgehead atoms. The summed E-state index contributed by atoms with van der Waals surface area (Å²) in [7, 11) is 0. The van der Waals surface area contributed by atoms with E-state index in [-0.39, 0.29) is 12.5 Å². The number of nitrogens with zero attached hydrogens (tertiary/aromatic N) is 5. The van der Waals surface area contributed by atoms with Gasteiger partial charge in [0.15, 0.2) is 17.3 Å². The summed E-state index contributed by atoms with van der Waals surface area (Å²) in [6.07, 6.45) is 8.06. The smallest absolute Gasteiger partial charge is 0.261 e. The van der Waals surface area contributed by atoms with Crippen molar-refractivity contribution >= 4 is 17.6 Å². The fourth-order valence-corrected chi connectivity index (χ4v) is 2.71. The number of fused-ring (bicyclic) bond motifs is 1. The number of aryl methyl sites for hydroxylation is 1. The van der Waals surface area contributed by atoms with Crippen LogP contribution >= 0.6 is 0 Å². The molecule has 0 aliphatic heterocycles. The van der Waals surface area contributed by atoms with Crippen LogP contribution in [0.4, 0.5) is 0 Å². The number of nitrogens with one attached hydrogen (secondary N) is 1. The summed E-state index contributed by atoms with van der Waals surface area (Å²) < 4.78 is 12.3. The first-order valence-electron chi connectivity index (χ1n) is 8.89. The van der Waals surface area contributed by atoms with Crippen LogP contribution in [0.25, 0.3) is 23.2 Å². The minimum Gasteiger partial charge on any atom is -0.465 e. The Labute approximate surface area is 160 Å². The van der Waals surface area contributed by atoms with E-state index in [1.807, 2.05) is 18.3 Å². The molecule has 28 heavy (non-hydrogen) atoms. The van der Waals surface area contributed by atoms with E-state index in [4.69, 9.17) is 8.94 Å². The highest BCUT2D eigenvalue weighted by Gasteiger charge is 2.16. The number of aromatic nitrogens is 5. The van der Waals surface area contributed by atoms with Crippen molar-refractivity contribution in [3.8, 4) is 11.5 Å². The van der Waals surface area contributed by atoms with E-state index in [2.05, 4.69) is 32.6 Å². The van der Waals surface area contributed by atoms with Gasteiger partial charge >= 0.3 is 0 Å². The summed E-state index contributed by atoms with van der Waals surface area (Å²) in [5.74, 6) is 2.00. The summed E-state index contributed by atoms with van der Waals surface area (Å²) in [4.78, 5) is 16.4. The van der Waals surface area contributed by atoms with Gasteiger partial charge in [-0.25, -0.2) is 0 Å². The maximum Gasteiger partial charge on any atom is 0.261 e. The summed E-state index contributed by atoms with van der Waals surface area (Å²) in [6.45, 7) is 2.27. The van der Waals surface area contributed by atoms with Crippen LogP contribution in [0, 0.1) is 0 Å². The molecule has 9 nitrogen and oxygen atoms in total. The molecule has 0 atom stereocenters. The predicted molar refractivity (Wildman–Crippen MR) is 99.9 cm³/mol. The highest BCUT2D eigenvalue weighted by Crippen LogP contribution is 2.22. The lowest BCUT2D eigenvalue weighted by molar-refractivity contribution is -0.116. The Bertz CT molecular complexity index is 1110. The van der Waals surface area contributed by atoms with Crippen molar-refractivity contribution in [2.24, 2.45) is 0 Å². The van der Waals surface area contributed by atoms with E-state index in [0.29, 0.717) is 34.5 Å². The number of hydrogen-bond acceptors (Lipinski definition) is 7. The van der Waals surface area contributed by atoms with E-state index >= 15 is 0 Å². The average Bonchev–Trinajstić information content (AvgIpc) is 3.45. The maximum absolute atomic E-state index is 12.0. The summed E-state index contributed by atoms with van der Waals surface area (Å²) >= 11 is 0. The minimum absolute atomic E-state index is 0.219. The van der Waals surface area contributed by atoms with Crippen LogP contribution in [0.2, 0.25) is 0 Å². The Hall–Kier alpha value is -3.75. The highest BCUT2D eigenvalue weighted by molar-refractivity contribution is 5.91. The molecule has 0 saturated heterocycles. The molecule has 4 aromatic rings. The van der Waals surface area contributed by atoms with Crippen molar-refractivity contribution in [3.63, 3.8) is 0 Å². The summed E-state index contributed by atoms with van der Waals surface area (Å²) in [5, 5.41) is 15.1. The maximum atomic E-state index is 12.0. The van der Waals surface area contributed by atoms with Gasteiger partial charge < -0.3 is 14.3 Å². The van der Waals surface area contributed by atoms with Crippen molar-refractivity contribution in [2.45, 2.75) is 26.3 Å². The highest BCUT2D eigenvalue weighted by atomic mass is 16.5. The number of carbonyl (C=O) groups excluding carboxylic acids is 1. The molecule has 142 valence electrons. The molecule has 0 radical (unpaired) electrons. The first kappa shape index (κ1) is 17.7. The number of pyridine rings is 1. The standard InChI is InChI=1S/C19H18N6O3/c1-2-5-15-21-19(28-24-15)14-7-3-10-25-16(22-23-18(14)25)12-20-17(26)9-8-13-6-4-11-27-13/h3-4,6-11H,2,5,12H2,1H3,(H,20,26). The van der Waals surface area contributed by atoms with Gasteiger partial charge in [0.2, 0.25) is 5.91 Å². The van der Waals surface area contributed by atoms with Crippen LogP contribution in [0.15, 0.2) is 51.7 Å². The van der Waals surface area contributed by atoms with E-state index in [1.54, 1.807) is 28.9 Å². The van der Waals surface area contributed by atoms with Crippen molar-refractivity contribution in [3.05, 3.63) is 60.2 Å². The van der Waals surface area contributed by atoms with Gasteiger partial charge in [-0.05, 0) is 36.8 Å². The van der Waals surface area contributed by atoms with Gasteiger partial charge in [0.1, 0.15) is 5.76 Å². The first-order chi connectivity index (χ1) is 13.7. The number of amides is 1. The van der Waals surface area contributed by atoms with Crippen LogP contribution in [0.3, 0.4) is 0 Å². The molecular weight excluding hydrogens is 360 g/mol. The number of rotatable bonds is 7. The molecule has 1 amide bonds. The second kappa shape index (κ2) is 7.87. The zero-order valence-corrected chi connectivity index (χ0v) is 15.2. The number of hydrogen-bond donors (Lipinski definition) is 1. The number of carbonyl (C=O) groups is 1. The van der Waals surface area contributed by atoms with E-state index in [9.17, 15) is 4.79 Å². The van der Waals surface area contributed by atoms with Crippen LogP contribution in [0.5, 0.6) is 0 Å². The monoisotopic (exact) mass is 378 g/mol. The van der Waals surface area contributed by atoms with Crippen molar-refractivity contribution in [2.75, 3.05) is 0 Å². The van der Waals surface area contributed by atoms with Crippen molar-refractivity contribution in [1.82, 2.24) is 30.1 Å². The average molecular weight is 378 g/mol. The molecule has 1 N–H and O–H groups in total. The molecule has 0 unspecified atom stereocenters. The lowest BCUT2D eigenvalue weighted by Gasteiger charge is -2.02. The number of furan rings is 1. The molecule has 9 heteroatoms. The molecule has 0 aromatic carbocycles. The first-order valence-corrected chi connectivity index (χ1v) is 8.89. The SMILES string of the molecule is CCCc1noc(-c2cccn3c(CNC(=O)C=Cc4ccco4)nnc23)n1. The minimum atomic E-state index is -0.259. The predicted octanol–water partition coefficient (Wildman–Crippen LogP) is 2.65. The fourth-order valence-electron chi connectivity index (χ4n) is 2.71. The van der Waals surface area contributed by atoms with E-state index in [1.165, 1.54) is 6.08 Å². The Morgan fingerprint density at radius 3 is 3.04 bits per heavy atom. The van der Waals surface area contributed by atoms with E-state index < -0.39 is 0 Å². The molecule has 4 rings (SSSR count). The van der Waals surface area contributed by atoms with Crippen LogP contribution in [0.1, 0.15) is 30.8 Å². The van der Waals surface area contributed by atoms with Crippen LogP contribution in [-0.4, -0.2) is 30.6 Å². The molecule has 4 heterocycles. The largest absolute Gasteiger partial charge is 0.465 e. The normalized spacial score (nSPS) is 11.5. The third-order valence-corrected chi connectivity index (χ3v) is 4.04. The third-order valence-electron chi connectivity index (χ3n) is 4.04. The van der Waals surface area contributed by atoms with Gasteiger partial charge in [-0.1, -0.05) is 12.1 Å². The van der Waals surface area contributed by atoms with Crippen molar-refractivity contribution in [1.29, 1.82) is 0 Å². The quantitative estimate of drug-likeness (QED) is 0.492. The van der Waals surface area contributed by atoms with Gasteiger partial charge in [-0.2, -0.15) is 4.98 Å². The third kappa shape index (κ3) is 3.68. The van der Waals surface area contributed by atoms with Gasteiger partial charge in [0.25, 0.3) is 5.89 Å². The Balaban J connectivity index is 1.50. The zero-order chi connectivity index (χ0) is 19.3. The van der Waals surface area contributed by atoms with Crippen LogP contribution in [-0.2, 0) is 17.8 Å². The Kier molecular flexibility index (Phi) is 4.96. The topological polar surface area (TPSA) is 111 Å². The van der Waals surface area contributed by atoms with Crippen LogP contribution < -0.4 is 5.32 Å². The zero-order valence-electron chi connectivity index (χ0n) is 15.2. The lowest BCUT2D eigenvalue weighted by Crippen LogP contribution is -2.21. The summed E-state index contributed by atoms with van der Waals surface area (Å²) in [6, 6.07) is 7.21. The van der Waals surface area contributed by atoms with Gasteiger partial charge in [-0.3, -0.25) is 9.20 Å². The van der Waals surface area contributed by atoms with Crippen molar-refractivity contribution < 1.29 is 13.7 Å². The summed E-state index contributed by atoms with van der Waals surface area (Å²) in [5.41, 5.74) is 1.28. The Morgan fingerprint density at radius 2 is 2.21 bits per heavy atom. The van der Waals surface area contributed by atoms with Gasteiger partial charge in [-0.15, -0.1) is 10.2 Å². The molecular formula is C19H18N6O3. The van der Waals surface area contributed by atoms with Gasteiger partial charge in [0.05, 0.1) is 18.4 Å². The second-order valence-corrected chi connectivity index (χ2v) is 6.06. The molecule has 0 spiro atoms. The molecule has 0 fully saturated rings. The Morgan fingerprint density at radius 1 is 1.29 bits per heavy atom. The lowest BCUT2D eigenvalue weighted by atomic mass is 10.2. The second-order valence-electron chi connectivity index (χ2n) is 6.06. The van der Waals surface area contributed by atoms with E-state index in [0.717, 1.165) is 12.8 Å². The fraction of sp³-hybridized carbons (Fsp3) is 0.211. The van der Waals surface area contributed by atoms with Gasteiger partial charge in [0, 0.05) is 18.7 Å². The molecule has 0 aliphatic carbocycles.